The van der Waals surface area contributed by atoms with Gasteiger partial charge in [-0.05, 0) is 43.8 Å². The van der Waals surface area contributed by atoms with E-state index < -0.39 is 0 Å². The van der Waals surface area contributed by atoms with Crippen molar-refractivity contribution in [3.8, 4) is 0 Å². The van der Waals surface area contributed by atoms with Crippen molar-refractivity contribution in [2.75, 3.05) is 0 Å². The normalized spacial score (nSPS) is 10.5. The quantitative estimate of drug-likeness (QED) is 0.866. The van der Waals surface area contributed by atoms with Gasteiger partial charge in [0.05, 0.1) is 0 Å². The molecule has 0 spiro atoms. The van der Waals surface area contributed by atoms with E-state index in [1.807, 2.05) is 22.9 Å². The van der Waals surface area contributed by atoms with Crippen molar-refractivity contribution in [2.45, 2.75) is 13.0 Å². The maximum Gasteiger partial charge on any atom is 0.218 e. The summed E-state index contributed by atoms with van der Waals surface area (Å²) in [7, 11) is 0. The van der Waals surface area contributed by atoms with E-state index >= 15 is 0 Å². The van der Waals surface area contributed by atoms with Crippen molar-refractivity contribution in [1.29, 1.82) is 0 Å². The minimum absolute atomic E-state index is 0.613. The van der Waals surface area contributed by atoms with Crippen LogP contribution in [0.5, 0.6) is 0 Å². The number of rotatable bonds is 3. The first kappa shape index (κ1) is 10.8. The van der Waals surface area contributed by atoms with E-state index in [0.717, 1.165) is 17.7 Å². The average molecular weight is 331 g/mol. The van der Waals surface area contributed by atoms with E-state index in [1.165, 1.54) is 5.56 Å². The fourth-order valence-electron chi connectivity index (χ4n) is 1.32. The van der Waals surface area contributed by atoms with Gasteiger partial charge in [-0.2, -0.15) is 4.98 Å². The highest BCUT2D eigenvalue weighted by molar-refractivity contribution is 9.11. The zero-order chi connectivity index (χ0) is 10.7. The molecule has 0 N–H and O–H groups in total. The zero-order valence-electron chi connectivity index (χ0n) is 7.90. The van der Waals surface area contributed by atoms with Gasteiger partial charge in [0.1, 0.15) is 0 Å². The van der Waals surface area contributed by atoms with Gasteiger partial charge in [-0.25, -0.2) is 4.68 Å². The molecule has 0 unspecified atom stereocenters. The Balaban J connectivity index is 2.02. The van der Waals surface area contributed by atoms with Crippen LogP contribution < -0.4 is 0 Å². The number of aromatic nitrogens is 3. The zero-order valence-corrected chi connectivity index (χ0v) is 11.1. The molecule has 78 valence electrons. The predicted octanol–water partition coefficient (Wildman–Crippen LogP) is 3.05. The molecular formula is C10H9Br2N3. The van der Waals surface area contributed by atoms with E-state index in [9.17, 15) is 0 Å². The maximum atomic E-state index is 4.20. The molecule has 2 aromatic rings. The molecule has 3 nitrogen and oxygen atoms in total. The topological polar surface area (TPSA) is 30.7 Å². The fourth-order valence-corrected chi connectivity index (χ4v) is 2.34. The minimum Gasteiger partial charge on any atom is -0.239 e. The molecule has 0 amide bonds. The number of hydrogen-bond acceptors (Lipinski definition) is 2. The van der Waals surface area contributed by atoms with Crippen LogP contribution in [0, 0.1) is 0 Å². The first-order valence-corrected chi connectivity index (χ1v) is 6.14. The van der Waals surface area contributed by atoms with Crippen LogP contribution in [0.1, 0.15) is 5.56 Å². The largest absolute Gasteiger partial charge is 0.239 e. The molecule has 15 heavy (non-hydrogen) atoms. The highest BCUT2D eigenvalue weighted by atomic mass is 79.9. The van der Waals surface area contributed by atoms with Gasteiger partial charge >= 0.3 is 0 Å². The summed E-state index contributed by atoms with van der Waals surface area (Å²) in [6.45, 7) is 0.823. The molecular weight excluding hydrogens is 322 g/mol. The number of halogens is 2. The summed E-state index contributed by atoms with van der Waals surface area (Å²) < 4.78 is 3.20. The van der Waals surface area contributed by atoms with Gasteiger partial charge < -0.3 is 0 Å². The molecule has 0 bridgehead atoms. The Hall–Kier alpha value is -0.680. The van der Waals surface area contributed by atoms with E-state index in [1.54, 1.807) is 0 Å². The van der Waals surface area contributed by atoms with Crippen LogP contribution in [0.2, 0.25) is 0 Å². The Morgan fingerprint density at radius 3 is 2.47 bits per heavy atom. The molecule has 1 aromatic carbocycles. The number of hydrogen-bond donors (Lipinski definition) is 0. The Labute approximate surface area is 105 Å². The third-order valence-corrected chi connectivity index (χ3v) is 2.98. The molecule has 0 aliphatic heterocycles. The molecule has 0 fully saturated rings. The van der Waals surface area contributed by atoms with Crippen LogP contribution in [-0.2, 0) is 13.0 Å². The lowest BCUT2D eigenvalue weighted by Crippen LogP contribution is -2.03. The van der Waals surface area contributed by atoms with Crippen LogP contribution in [-0.4, -0.2) is 14.8 Å². The molecule has 0 saturated heterocycles. The summed E-state index contributed by atoms with van der Waals surface area (Å²) in [6.07, 6.45) is 0.954. The van der Waals surface area contributed by atoms with Crippen molar-refractivity contribution in [1.82, 2.24) is 14.8 Å². The van der Waals surface area contributed by atoms with Crippen LogP contribution in [0.3, 0.4) is 0 Å². The molecule has 1 aromatic heterocycles. The molecule has 5 heteroatoms. The molecule has 0 saturated carbocycles. The summed E-state index contributed by atoms with van der Waals surface area (Å²) in [5.74, 6) is 0. The molecule has 0 aliphatic rings. The summed E-state index contributed by atoms with van der Waals surface area (Å²) in [6, 6.07) is 10.3. The molecule has 2 rings (SSSR count). The van der Waals surface area contributed by atoms with Gasteiger partial charge in [0.15, 0.2) is 4.73 Å². The summed E-state index contributed by atoms with van der Waals surface area (Å²) >= 11 is 6.59. The van der Waals surface area contributed by atoms with Gasteiger partial charge in [0.2, 0.25) is 4.73 Å². The van der Waals surface area contributed by atoms with Gasteiger partial charge in [-0.3, -0.25) is 0 Å². The highest BCUT2D eigenvalue weighted by Gasteiger charge is 2.04. The maximum absolute atomic E-state index is 4.20. The first-order chi connectivity index (χ1) is 7.25. The second-order valence-corrected chi connectivity index (χ2v) is 4.53. The lowest BCUT2D eigenvalue weighted by atomic mass is 10.2. The van der Waals surface area contributed by atoms with Crippen LogP contribution >= 0.6 is 31.9 Å². The fraction of sp³-hybridized carbons (Fsp3) is 0.200. The number of nitrogens with zero attached hydrogens (tertiary/aromatic N) is 3. The number of benzene rings is 1. The molecule has 1 heterocycles. The van der Waals surface area contributed by atoms with E-state index in [-0.39, 0.29) is 0 Å². The highest BCUT2D eigenvalue weighted by Crippen LogP contribution is 2.12. The van der Waals surface area contributed by atoms with E-state index in [0.29, 0.717) is 4.73 Å². The number of aryl methyl sites for hydroxylation is 2. The predicted molar refractivity (Wildman–Crippen MR) is 65.6 cm³/mol. The second-order valence-electron chi connectivity index (χ2n) is 3.11. The Morgan fingerprint density at radius 1 is 1.13 bits per heavy atom. The molecule has 0 atom stereocenters. The molecule has 0 aliphatic carbocycles. The smallest absolute Gasteiger partial charge is 0.218 e. The lowest BCUT2D eigenvalue weighted by Gasteiger charge is -2.01. The minimum atomic E-state index is 0.613. The SMILES string of the molecule is Brc1nc(Br)n(CCc2ccccc2)n1. The Kier molecular flexibility index (Phi) is 3.53. The third-order valence-electron chi connectivity index (χ3n) is 2.06. The molecule has 0 radical (unpaired) electrons. The standard InChI is InChI=1S/C10H9Br2N3/c11-9-13-10(12)15(14-9)7-6-8-4-2-1-3-5-8/h1-5H,6-7H2. The second kappa shape index (κ2) is 4.90. The van der Waals surface area contributed by atoms with Crippen LogP contribution in [0.15, 0.2) is 39.8 Å². The lowest BCUT2D eigenvalue weighted by molar-refractivity contribution is 0.597. The average Bonchev–Trinajstić information content (AvgIpc) is 2.56. The summed E-state index contributed by atoms with van der Waals surface area (Å²) in [5, 5.41) is 4.20. The monoisotopic (exact) mass is 329 g/mol. The van der Waals surface area contributed by atoms with Crippen molar-refractivity contribution < 1.29 is 0 Å². The summed E-state index contributed by atoms with van der Waals surface area (Å²) in [4.78, 5) is 4.11. The van der Waals surface area contributed by atoms with Gasteiger partial charge in [0.25, 0.3) is 0 Å². The van der Waals surface area contributed by atoms with Crippen molar-refractivity contribution in [3.05, 3.63) is 45.4 Å². The summed E-state index contributed by atoms with van der Waals surface area (Å²) in [5.41, 5.74) is 1.30. The van der Waals surface area contributed by atoms with Crippen molar-refractivity contribution in [2.24, 2.45) is 0 Å². The van der Waals surface area contributed by atoms with Crippen LogP contribution in [0.4, 0.5) is 0 Å². The first-order valence-electron chi connectivity index (χ1n) is 4.55. The van der Waals surface area contributed by atoms with Gasteiger partial charge in [-0.15, -0.1) is 5.10 Å². The van der Waals surface area contributed by atoms with Crippen molar-refractivity contribution >= 4 is 31.9 Å². The van der Waals surface area contributed by atoms with Crippen LogP contribution in [0.25, 0.3) is 0 Å². The van der Waals surface area contributed by atoms with Crippen molar-refractivity contribution in [3.63, 3.8) is 0 Å². The Morgan fingerprint density at radius 2 is 1.87 bits per heavy atom. The van der Waals surface area contributed by atoms with E-state index in [2.05, 4.69) is 54.1 Å². The third kappa shape index (κ3) is 2.89. The van der Waals surface area contributed by atoms with Gasteiger partial charge in [-0.1, -0.05) is 30.3 Å². The Bertz CT molecular complexity index is 439. The van der Waals surface area contributed by atoms with Gasteiger partial charge in [0, 0.05) is 6.54 Å². The van der Waals surface area contributed by atoms with E-state index in [4.69, 9.17) is 0 Å².